The van der Waals surface area contributed by atoms with E-state index in [9.17, 15) is 36.3 Å². The Hall–Kier alpha value is -1.80. The van der Waals surface area contributed by atoms with Crippen molar-refractivity contribution in [3.8, 4) is 0 Å². The zero-order valence-electron chi connectivity index (χ0n) is 18.2. The topological polar surface area (TPSA) is 119 Å². The smallest absolute Gasteiger partial charge is 0.465 e. The van der Waals surface area contributed by atoms with Crippen molar-refractivity contribution in [3.05, 3.63) is 11.3 Å². The van der Waals surface area contributed by atoms with Gasteiger partial charge in [0.25, 0.3) is 0 Å². The Morgan fingerprint density at radius 1 is 1.23 bits per heavy atom. The van der Waals surface area contributed by atoms with E-state index in [1.165, 1.54) is 6.92 Å². The highest BCUT2D eigenvalue weighted by atomic mass is 32.2. The van der Waals surface area contributed by atoms with Crippen LogP contribution in [-0.2, 0) is 28.3 Å². The number of hydrogen-bond acceptors (Lipinski definition) is 7. The molecule has 0 saturated heterocycles. The van der Waals surface area contributed by atoms with Crippen molar-refractivity contribution >= 4 is 30.5 Å². The Bertz CT molecular complexity index is 833. The molecule has 0 radical (unpaired) electrons. The minimum absolute atomic E-state index is 0.160. The second-order valence-electron chi connectivity index (χ2n) is 8.45. The number of carbonyl (C=O) groups excluding carboxylic acids is 1. The first-order valence-corrected chi connectivity index (χ1v) is 13.7. The summed E-state index contributed by atoms with van der Waals surface area (Å²) < 4.78 is 76.5. The molecule has 1 amide bonds. The Morgan fingerprint density at radius 2 is 1.77 bits per heavy atom. The quantitative estimate of drug-likeness (QED) is 0.249. The molecule has 1 heterocycles. The zero-order chi connectivity index (χ0) is 24.4. The Labute approximate surface area is 180 Å². The van der Waals surface area contributed by atoms with E-state index in [-0.39, 0.29) is 18.3 Å². The van der Waals surface area contributed by atoms with E-state index < -0.39 is 66.3 Å². The van der Waals surface area contributed by atoms with E-state index in [1.54, 1.807) is 0 Å². The van der Waals surface area contributed by atoms with Gasteiger partial charge < -0.3 is 18.5 Å². The van der Waals surface area contributed by atoms with E-state index in [0.29, 0.717) is 0 Å². The van der Waals surface area contributed by atoms with Gasteiger partial charge in [-0.3, -0.25) is 4.90 Å². The first kappa shape index (κ1) is 27.2. The monoisotopic (exact) mass is 491 g/mol. The number of carbonyl (C=O) groups is 2. The normalized spacial score (nSPS) is 18.7. The summed E-state index contributed by atoms with van der Waals surface area (Å²) in [6.07, 6.45) is -2.06. The van der Waals surface area contributed by atoms with Gasteiger partial charge in [0, 0.05) is 6.42 Å². The minimum atomic E-state index is -6.07. The van der Waals surface area contributed by atoms with Gasteiger partial charge in [-0.25, -0.2) is 9.59 Å². The van der Waals surface area contributed by atoms with E-state index in [0.717, 1.165) is 4.90 Å². The lowest BCUT2D eigenvalue weighted by Crippen LogP contribution is -2.51. The molecule has 0 aliphatic carbocycles. The van der Waals surface area contributed by atoms with E-state index in [2.05, 4.69) is 4.18 Å². The third-order valence-corrected chi connectivity index (χ3v) is 10.7. The maximum Gasteiger partial charge on any atom is 0.534 e. The molecule has 0 aromatic rings. The van der Waals surface area contributed by atoms with Gasteiger partial charge in [-0.1, -0.05) is 20.8 Å². The third-order valence-electron chi connectivity index (χ3n) is 5.23. The largest absolute Gasteiger partial charge is 0.534 e. The molecular weight excluding hydrogens is 463 g/mol. The number of nitrogens with zero attached hydrogens (tertiary/aromatic N) is 1. The summed E-state index contributed by atoms with van der Waals surface area (Å²) in [5.41, 5.74) is -6.34. The molecule has 0 aromatic heterocycles. The number of ether oxygens (including phenoxy) is 1. The zero-order valence-corrected chi connectivity index (χ0v) is 20.0. The molecule has 1 aliphatic heterocycles. The SMILES string of the molecule is CCOC(=O)C1=C(OS(=O)(=O)C(F)(F)F)CC(CO[Si](C)(C)C(C)(C)C)N(C(=O)O)C1. The van der Waals surface area contributed by atoms with Crippen LogP contribution in [0.2, 0.25) is 18.1 Å². The lowest BCUT2D eigenvalue weighted by molar-refractivity contribution is -0.139. The summed E-state index contributed by atoms with van der Waals surface area (Å²) in [6, 6.07) is -1.07. The molecule has 1 aliphatic rings. The average molecular weight is 492 g/mol. The number of carboxylic acid groups (broad SMARTS) is 1. The van der Waals surface area contributed by atoms with Crippen molar-refractivity contribution in [2.24, 2.45) is 0 Å². The summed E-state index contributed by atoms with van der Waals surface area (Å²) in [7, 11) is -8.44. The van der Waals surface area contributed by atoms with Crippen molar-refractivity contribution in [1.82, 2.24) is 4.90 Å². The van der Waals surface area contributed by atoms with Crippen LogP contribution in [-0.4, -0.2) is 70.1 Å². The maximum absolute atomic E-state index is 12.8. The Morgan fingerprint density at radius 3 is 2.19 bits per heavy atom. The first-order valence-electron chi connectivity index (χ1n) is 9.37. The molecule has 0 fully saturated rings. The van der Waals surface area contributed by atoms with Crippen LogP contribution in [0.1, 0.15) is 34.1 Å². The summed E-state index contributed by atoms with van der Waals surface area (Å²) in [5, 5.41) is 9.31. The van der Waals surface area contributed by atoms with Crippen molar-refractivity contribution in [2.75, 3.05) is 19.8 Å². The lowest BCUT2D eigenvalue weighted by atomic mass is 10.0. The molecule has 0 spiro atoms. The van der Waals surface area contributed by atoms with Gasteiger partial charge in [0.2, 0.25) is 0 Å². The third kappa shape index (κ3) is 6.59. The van der Waals surface area contributed by atoms with Gasteiger partial charge in [0.1, 0.15) is 5.76 Å². The fourth-order valence-corrected chi connectivity index (χ4v) is 3.96. The number of amides is 1. The Kier molecular flexibility index (Phi) is 8.22. The molecule has 180 valence electrons. The first-order chi connectivity index (χ1) is 13.8. The van der Waals surface area contributed by atoms with Crippen LogP contribution in [0.15, 0.2) is 11.3 Å². The van der Waals surface area contributed by atoms with Crippen LogP contribution < -0.4 is 0 Å². The van der Waals surface area contributed by atoms with Crippen molar-refractivity contribution in [1.29, 1.82) is 0 Å². The molecule has 9 nitrogen and oxygen atoms in total. The standard InChI is InChI=1S/C17H28F3NO8SSi/c1-7-27-14(22)12-9-21(15(23)24)11(10-28-31(5,6)16(2,3)4)8-13(12)29-30(25,26)17(18,19)20/h11H,7-10H2,1-6H3,(H,23,24). The van der Waals surface area contributed by atoms with Gasteiger partial charge in [0.15, 0.2) is 8.32 Å². The molecule has 0 aromatic carbocycles. The summed E-state index contributed by atoms with van der Waals surface area (Å²) in [4.78, 5) is 24.7. The van der Waals surface area contributed by atoms with Gasteiger partial charge >= 0.3 is 27.7 Å². The lowest BCUT2D eigenvalue weighted by Gasteiger charge is -2.40. The second kappa shape index (κ2) is 9.36. The predicted molar refractivity (Wildman–Crippen MR) is 106 cm³/mol. The van der Waals surface area contributed by atoms with Gasteiger partial charge in [-0.05, 0) is 25.1 Å². The van der Waals surface area contributed by atoms with E-state index in [1.807, 2.05) is 33.9 Å². The van der Waals surface area contributed by atoms with Crippen molar-refractivity contribution < 1.29 is 49.6 Å². The molecule has 0 saturated carbocycles. The van der Waals surface area contributed by atoms with Crippen molar-refractivity contribution in [2.45, 2.75) is 63.8 Å². The van der Waals surface area contributed by atoms with Gasteiger partial charge in [-0.2, -0.15) is 21.6 Å². The van der Waals surface area contributed by atoms with Crippen molar-refractivity contribution in [3.63, 3.8) is 0 Å². The number of halogens is 3. The maximum atomic E-state index is 12.8. The molecule has 14 heteroatoms. The minimum Gasteiger partial charge on any atom is -0.465 e. The number of rotatable bonds is 7. The molecular formula is C17H28F3NO8SSi. The second-order valence-corrected chi connectivity index (χ2v) is 14.8. The highest BCUT2D eigenvalue weighted by Crippen LogP contribution is 2.38. The highest BCUT2D eigenvalue weighted by Gasteiger charge is 2.50. The van der Waals surface area contributed by atoms with Crippen LogP contribution in [0.3, 0.4) is 0 Å². The average Bonchev–Trinajstić information content (AvgIpc) is 2.57. The van der Waals surface area contributed by atoms with E-state index in [4.69, 9.17) is 9.16 Å². The summed E-state index contributed by atoms with van der Waals surface area (Å²) in [6.45, 7) is 9.97. The number of alkyl halides is 3. The molecule has 31 heavy (non-hydrogen) atoms. The fourth-order valence-electron chi connectivity index (χ4n) is 2.39. The van der Waals surface area contributed by atoms with Crippen LogP contribution in [0.25, 0.3) is 0 Å². The molecule has 1 rings (SSSR count). The molecule has 1 atom stereocenters. The number of hydrogen-bond donors (Lipinski definition) is 1. The molecule has 0 bridgehead atoms. The predicted octanol–water partition coefficient (Wildman–Crippen LogP) is 3.44. The van der Waals surface area contributed by atoms with Gasteiger partial charge in [0.05, 0.1) is 31.4 Å². The Balaban J connectivity index is 3.35. The van der Waals surface area contributed by atoms with Crippen LogP contribution in [0.5, 0.6) is 0 Å². The van der Waals surface area contributed by atoms with Crippen LogP contribution in [0.4, 0.5) is 18.0 Å². The summed E-state index contributed by atoms with van der Waals surface area (Å²) >= 11 is 0. The summed E-state index contributed by atoms with van der Waals surface area (Å²) in [5.74, 6) is -1.97. The van der Waals surface area contributed by atoms with E-state index >= 15 is 0 Å². The fraction of sp³-hybridized carbons (Fsp3) is 0.765. The highest BCUT2D eigenvalue weighted by molar-refractivity contribution is 7.87. The number of esters is 1. The molecule has 1 N–H and O–H groups in total. The van der Waals surface area contributed by atoms with Gasteiger partial charge in [-0.15, -0.1) is 0 Å². The van der Waals surface area contributed by atoms with Crippen LogP contribution >= 0.6 is 0 Å². The molecule has 1 unspecified atom stereocenters. The van der Waals surface area contributed by atoms with Crippen LogP contribution in [0, 0.1) is 0 Å².